The summed E-state index contributed by atoms with van der Waals surface area (Å²) in [7, 11) is 0. The number of thiazole rings is 1. The molecule has 0 aliphatic carbocycles. The Bertz CT molecular complexity index is 536. The lowest BCUT2D eigenvalue weighted by atomic mass is 10.2. The molecule has 1 amide bonds. The van der Waals surface area contributed by atoms with Crippen molar-refractivity contribution < 1.29 is 4.79 Å². The van der Waals surface area contributed by atoms with E-state index in [4.69, 9.17) is 0 Å². The van der Waals surface area contributed by atoms with Crippen molar-refractivity contribution in [2.75, 3.05) is 5.32 Å². The molecule has 0 radical (unpaired) electrons. The van der Waals surface area contributed by atoms with Gasteiger partial charge < -0.3 is 5.32 Å². The van der Waals surface area contributed by atoms with Crippen LogP contribution in [-0.2, 0) is 4.79 Å². The van der Waals surface area contributed by atoms with Crippen LogP contribution in [0.4, 0.5) is 5.13 Å². The molecule has 0 unspecified atom stereocenters. The minimum Gasteiger partial charge on any atom is -0.302 e. The number of hydrogen-bond acceptors (Lipinski definition) is 4. The largest absolute Gasteiger partial charge is 0.302 e. The Kier molecular flexibility index (Phi) is 3.49. The third kappa shape index (κ3) is 2.88. The SMILES string of the molecule is CCC(=O)Nc1nc(-c2cc(C)ccn2)cs1. The fraction of sp³-hybridized carbons (Fsp3) is 0.250. The summed E-state index contributed by atoms with van der Waals surface area (Å²) < 4.78 is 0. The van der Waals surface area contributed by atoms with Crippen LogP contribution in [0.1, 0.15) is 18.9 Å². The Morgan fingerprint density at radius 1 is 1.47 bits per heavy atom. The summed E-state index contributed by atoms with van der Waals surface area (Å²) in [5.41, 5.74) is 2.77. The summed E-state index contributed by atoms with van der Waals surface area (Å²) in [5.74, 6) is -0.0249. The highest BCUT2D eigenvalue weighted by atomic mass is 32.1. The zero-order chi connectivity index (χ0) is 12.3. The lowest BCUT2D eigenvalue weighted by Crippen LogP contribution is -2.08. The van der Waals surface area contributed by atoms with Crippen molar-refractivity contribution in [3.8, 4) is 11.4 Å². The maximum absolute atomic E-state index is 11.2. The summed E-state index contributed by atoms with van der Waals surface area (Å²) in [4.78, 5) is 19.8. The number of amides is 1. The second kappa shape index (κ2) is 5.05. The molecule has 4 nitrogen and oxygen atoms in total. The number of carbonyl (C=O) groups is 1. The number of carbonyl (C=O) groups excluding carboxylic acids is 1. The van der Waals surface area contributed by atoms with Gasteiger partial charge in [0.05, 0.1) is 5.69 Å². The third-order valence-electron chi connectivity index (χ3n) is 2.25. The molecule has 17 heavy (non-hydrogen) atoms. The molecule has 5 heteroatoms. The fourth-order valence-corrected chi connectivity index (χ4v) is 2.05. The second-order valence-electron chi connectivity index (χ2n) is 3.66. The van der Waals surface area contributed by atoms with E-state index in [-0.39, 0.29) is 5.91 Å². The van der Waals surface area contributed by atoms with Crippen molar-refractivity contribution in [3.05, 3.63) is 29.3 Å². The van der Waals surface area contributed by atoms with E-state index in [0.717, 1.165) is 17.0 Å². The van der Waals surface area contributed by atoms with Gasteiger partial charge in [-0.25, -0.2) is 4.98 Å². The van der Waals surface area contributed by atoms with Crippen LogP contribution in [0.15, 0.2) is 23.7 Å². The molecule has 0 aliphatic heterocycles. The molecule has 88 valence electrons. The first kappa shape index (κ1) is 11.7. The van der Waals surface area contributed by atoms with E-state index in [1.807, 2.05) is 31.4 Å². The van der Waals surface area contributed by atoms with Crippen LogP contribution in [0.5, 0.6) is 0 Å². The van der Waals surface area contributed by atoms with Crippen molar-refractivity contribution in [2.45, 2.75) is 20.3 Å². The smallest absolute Gasteiger partial charge is 0.225 e. The average molecular weight is 247 g/mol. The van der Waals surface area contributed by atoms with Gasteiger partial charge in [-0.05, 0) is 24.6 Å². The molecule has 0 atom stereocenters. The monoisotopic (exact) mass is 247 g/mol. The van der Waals surface area contributed by atoms with Crippen molar-refractivity contribution in [1.29, 1.82) is 0 Å². The highest BCUT2D eigenvalue weighted by molar-refractivity contribution is 7.14. The molecule has 0 saturated heterocycles. The molecule has 2 aromatic rings. The number of aryl methyl sites for hydroxylation is 1. The number of anilines is 1. The molecule has 0 aromatic carbocycles. The van der Waals surface area contributed by atoms with E-state index in [1.165, 1.54) is 11.3 Å². The number of hydrogen-bond donors (Lipinski definition) is 1. The number of rotatable bonds is 3. The van der Waals surface area contributed by atoms with Gasteiger partial charge in [0.1, 0.15) is 5.69 Å². The maximum Gasteiger partial charge on any atom is 0.225 e. The molecule has 2 heterocycles. The summed E-state index contributed by atoms with van der Waals surface area (Å²) in [6.45, 7) is 3.82. The van der Waals surface area contributed by atoms with Gasteiger partial charge >= 0.3 is 0 Å². The van der Waals surface area contributed by atoms with Crippen molar-refractivity contribution >= 4 is 22.4 Å². The normalized spacial score (nSPS) is 10.2. The van der Waals surface area contributed by atoms with E-state index in [0.29, 0.717) is 11.6 Å². The van der Waals surface area contributed by atoms with Crippen LogP contribution in [0.25, 0.3) is 11.4 Å². The summed E-state index contributed by atoms with van der Waals surface area (Å²) >= 11 is 1.41. The van der Waals surface area contributed by atoms with E-state index in [9.17, 15) is 4.79 Å². The molecule has 1 N–H and O–H groups in total. The number of nitrogens with zero attached hydrogens (tertiary/aromatic N) is 2. The van der Waals surface area contributed by atoms with Gasteiger partial charge in [-0.3, -0.25) is 9.78 Å². The van der Waals surface area contributed by atoms with Crippen LogP contribution in [-0.4, -0.2) is 15.9 Å². The Morgan fingerprint density at radius 2 is 2.29 bits per heavy atom. The Morgan fingerprint density at radius 3 is 3.00 bits per heavy atom. The van der Waals surface area contributed by atoms with Gasteiger partial charge in [-0.2, -0.15) is 0 Å². The number of aromatic nitrogens is 2. The van der Waals surface area contributed by atoms with Crippen LogP contribution in [0.3, 0.4) is 0 Å². The standard InChI is InChI=1S/C12H13N3OS/c1-3-11(16)15-12-14-10(7-17-12)9-6-8(2)4-5-13-9/h4-7H,3H2,1-2H3,(H,14,15,16). The van der Waals surface area contributed by atoms with Gasteiger partial charge in [0.25, 0.3) is 0 Å². The molecule has 0 fully saturated rings. The minimum atomic E-state index is -0.0249. The zero-order valence-corrected chi connectivity index (χ0v) is 10.5. The number of pyridine rings is 1. The van der Waals surface area contributed by atoms with Crippen LogP contribution in [0.2, 0.25) is 0 Å². The summed E-state index contributed by atoms with van der Waals surface area (Å²) in [6, 6.07) is 3.91. The van der Waals surface area contributed by atoms with Crippen molar-refractivity contribution in [2.24, 2.45) is 0 Å². The maximum atomic E-state index is 11.2. The first-order chi connectivity index (χ1) is 8.19. The van der Waals surface area contributed by atoms with E-state index >= 15 is 0 Å². The van der Waals surface area contributed by atoms with Gasteiger partial charge in [-0.1, -0.05) is 6.92 Å². The highest BCUT2D eigenvalue weighted by Crippen LogP contribution is 2.23. The molecule has 2 rings (SSSR count). The lowest BCUT2D eigenvalue weighted by Gasteiger charge is -1.98. The first-order valence-electron chi connectivity index (χ1n) is 5.37. The summed E-state index contributed by atoms with van der Waals surface area (Å²) in [6.07, 6.45) is 2.21. The molecular formula is C12H13N3OS. The Labute approximate surface area is 104 Å². The molecule has 0 saturated carbocycles. The lowest BCUT2D eigenvalue weighted by molar-refractivity contribution is -0.115. The van der Waals surface area contributed by atoms with Gasteiger partial charge in [0.2, 0.25) is 5.91 Å². The molecule has 0 aliphatic rings. The van der Waals surface area contributed by atoms with Gasteiger partial charge in [0, 0.05) is 18.0 Å². The van der Waals surface area contributed by atoms with Crippen LogP contribution in [0, 0.1) is 6.92 Å². The molecule has 0 bridgehead atoms. The van der Waals surface area contributed by atoms with E-state index < -0.39 is 0 Å². The van der Waals surface area contributed by atoms with E-state index in [1.54, 1.807) is 6.20 Å². The molecule has 2 aromatic heterocycles. The third-order valence-corrected chi connectivity index (χ3v) is 3.01. The van der Waals surface area contributed by atoms with Gasteiger partial charge in [-0.15, -0.1) is 11.3 Å². The predicted molar refractivity (Wildman–Crippen MR) is 69.0 cm³/mol. The van der Waals surface area contributed by atoms with Crippen molar-refractivity contribution in [3.63, 3.8) is 0 Å². The van der Waals surface area contributed by atoms with E-state index in [2.05, 4.69) is 15.3 Å². The Hall–Kier alpha value is -1.75. The first-order valence-corrected chi connectivity index (χ1v) is 6.25. The quantitative estimate of drug-likeness (QED) is 0.907. The minimum absolute atomic E-state index is 0.0249. The molecular weight excluding hydrogens is 234 g/mol. The average Bonchev–Trinajstić information content (AvgIpc) is 2.77. The van der Waals surface area contributed by atoms with Crippen molar-refractivity contribution in [1.82, 2.24) is 9.97 Å². The van der Waals surface area contributed by atoms with Crippen LogP contribution < -0.4 is 5.32 Å². The Balaban J connectivity index is 2.21. The van der Waals surface area contributed by atoms with Crippen LogP contribution >= 0.6 is 11.3 Å². The highest BCUT2D eigenvalue weighted by Gasteiger charge is 2.07. The number of nitrogens with one attached hydrogen (secondary N) is 1. The zero-order valence-electron chi connectivity index (χ0n) is 9.73. The predicted octanol–water partition coefficient (Wildman–Crippen LogP) is 2.86. The summed E-state index contributed by atoms with van der Waals surface area (Å²) in [5, 5.41) is 5.25. The van der Waals surface area contributed by atoms with Gasteiger partial charge in [0.15, 0.2) is 5.13 Å². The second-order valence-corrected chi connectivity index (χ2v) is 4.52. The topological polar surface area (TPSA) is 54.9 Å². The fourth-order valence-electron chi connectivity index (χ4n) is 1.33. The molecule has 0 spiro atoms.